The predicted octanol–water partition coefficient (Wildman–Crippen LogP) is 9.37. The molecule has 2 aromatic heterocycles. The maximum atomic E-state index is 12.9. The molecule has 0 unspecified atom stereocenters. The maximum Gasteiger partial charge on any atom is 0.326 e. The van der Waals surface area contributed by atoms with Gasteiger partial charge in [0.05, 0.1) is 14.2 Å². The van der Waals surface area contributed by atoms with Gasteiger partial charge < -0.3 is 29.9 Å². The smallest absolute Gasteiger partial charge is 0.326 e. The molecule has 2 fully saturated rings. The Hall–Kier alpha value is -4.89. The van der Waals surface area contributed by atoms with Crippen LogP contribution in [0.25, 0.3) is 22.3 Å². The van der Waals surface area contributed by atoms with Crippen molar-refractivity contribution >= 4 is 49.3 Å². The van der Waals surface area contributed by atoms with Gasteiger partial charge in [0, 0.05) is 79.6 Å². The molecule has 3 N–H and O–H groups in total. The van der Waals surface area contributed by atoms with Gasteiger partial charge in [-0.25, -0.2) is 14.8 Å². The SMILES string of the molecule is COc1ccc(Cc2ccc(F)nc2)cc1-c1cccc(Cl)c1.COc1ccc(Cc2ccc(N3CCC[C@H]3C(=O)O)nc2)cc1-c1cccc(Cl)c1.O=C(O)[C@@H]1CCCN1.[2H][B].[U]. The molecule has 4 aromatic carbocycles. The number of ether oxygens (including phenoxy) is 2. The average Bonchev–Trinajstić information content (AvgIpc) is 4.03. The quantitative estimate of drug-likeness (QED) is 0.0852. The van der Waals surface area contributed by atoms with Gasteiger partial charge >= 0.3 is 11.9 Å². The van der Waals surface area contributed by atoms with Crippen LogP contribution in [0.3, 0.4) is 0 Å². The van der Waals surface area contributed by atoms with E-state index in [1.807, 2.05) is 96.0 Å². The number of benzene rings is 4. The third-order valence-corrected chi connectivity index (χ3v) is 10.9. The molecule has 2 atom stereocenters. The zero-order valence-electron chi connectivity index (χ0n) is 35.9. The van der Waals surface area contributed by atoms with Crippen LogP contribution in [0.5, 0.6) is 11.5 Å². The summed E-state index contributed by atoms with van der Waals surface area (Å²) in [4.78, 5) is 31.7. The number of carbonyl (C=O) groups is 2. The van der Waals surface area contributed by atoms with Gasteiger partial charge in [0.25, 0.3) is 0 Å². The van der Waals surface area contributed by atoms with E-state index < -0.39 is 23.9 Å². The topological polar surface area (TPSA) is 134 Å². The largest absolute Gasteiger partial charge is 0.496 e. The molecule has 0 amide bonds. The molecule has 2 aliphatic rings. The zero-order chi connectivity index (χ0) is 45.3. The van der Waals surface area contributed by atoms with Crippen LogP contribution in [0.15, 0.2) is 122 Å². The molecule has 63 heavy (non-hydrogen) atoms. The van der Waals surface area contributed by atoms with Gasteiger partial charge in [0.2, 0.25) is 5.95 Å². The molecule has 10 nitrogen and oxygen atoms in total. The number of rotatable bonds is 11. The first-order valence-corrected chi connectivity index (χ1v) is 20.6. The molecular formula is C48H48BCl2FN4O6U. The number of hydrogen-bond donors (Lipinski definition) is 3. The second kappa shape index (κ2) is 24.8. The molecule has 0 saturated carbocycles. The number of nitrogens with one attached hydrogen (secondary N) is 1. The number of carboxylic acids is 2. The molecule has 2 aliphatic heterocycles. The fourth-order valence-corrected chi connectivity index (χ4v) is 7.74. The van der Waals surface area contributed by atoms with Crippen LogP contribution < -0.4 is 19.7 Å². The number of pyridine rings is 2. The van der Waals surface area contributed by atoms with Crippen LogP contribution >= 0.6 is 23.2 Å². The summed E-state index contributed by atoms with van der Waals surface area (Å²) in [5, 5.41) is 22.0. The summed E-state index contributed by atoms with van der Waals surface area (Å²) in [6.07, 6.45) is 8.09. The summed E-state index contributed by atoms with van der Waals surface area (Å²) in [6.45, 7) is 1.59. The number of halogens is 3. The van der Waals surface area contributed by atoms with Crippen molar-refractivity contribution in [3.63, 3.8) is 0 Å². The van der Waals surface area contributed by atoms with Gasteiger partial charge in [-0.1, -0.05) is 71.7 Å². The van der Waals surface area contributed by atoms with E-state index in [0.29, 0.717) is 29.3 Å². The van der Waals surface area contributed by atoms with Gasteiger partial charge in [-0.15, -0.1) is 0 Å². The summed E-state index contributed by atoms with van der Waals surface area (Å²) in [6, 6.07) is 33.8. The van der Waals surface area contributed by atoms with E-state index in [-0.39, 0.29) is 37.2 Å². The Labute approximate surface area is 404 Å². The first-order valence-electron chi connectivity index (χ1n) is 20.5. The summed E-state index contributed by atoms with van der Waals surface area (Å²) in [5.41, 5.74) is 8.20. The van der Waals surface area contributed by atoms with E-state index in [0.717, 1.165) is 94.2 Å². The van der Waals surface area contributed by atoms with Crippen LogP contribution in [0, 0.1) is 37.1 Å². The third kappa shape index (κ3) is 14.3. The van der Waals surface area contributed by atoms with Crippen molar-refractivity contribution in [1.29, 1.82) is 1.34 Å². The van der Waals surface area contributed by atoms with Gasteiger partial charge in [0.1, 0.15) is 29.4 Å². The van der Waals surface area contributed by atoms with E-state index in [4.69, 9.17) is 39.1 Å². The van der Waals surface area contributed by atoms with Crippen LogP contribution in [0.4, 0.5) is 10.2 Å². The van der Waals surface area contributed by atoms with Crippen molar-refractivity contribution in [2.45, 2.75) is 50.6 Å². The van der Waals surface area contributed by atoms with Crippen molar-refractivity contribution in [2.75, 3.05) is 32.2 Å². The van der Waals surface area contributed by atoms with E-state index in [1.54, 1.807) is 26.5 Å². The normalized spacial score (nSPS) is 15.1. The van der Waals surface area contributed by atoms with Crippen LogP contribution in [0.1, 0.15) is 47.9 Å². The molecule has 15 heteroatoms. The average molecular weight is 1120 g/mol. The van der Waals surface area contributed by atoms with Crippen molar-refractivity contribution < 1.29 is 64.8 Å². The van der Waals surface area contributed by atoms with Crippen molar-refractivity contribution in [3.05, 3.63) is 160 Å². The fraction of sp³-hybridized carbons (Fsp3) is 0.250. The standard InChI is InChI=1S/C24H23ClN2O3.C19H15ClFNO.C5H9NO2.BH.U/c1-30-22-9-7-16(13-20(22)18-4-2-5-19(25)14-18)12-17-8-10-23(26-15-17)27-11-3-6-21(27)24(28)29;1-23-18-7-5-13(9-14-6-8-19(21)22-12-14)10-17(18)15-3-2-4-16(20)11-15;7-5(8)4-2-1-3-6-4;;/h2,4-5,7-10,13-15,21H,3,6,11-12H2,1H3,(H,28,29);2-8,10-12H,9H2,1H3;4,6H,1-3H2,(H,7,8);1H;/t21-;;4-;;/m0.0../s1/i;;;1D;. The number of carboxylic acid groups (broad SMARTS) is 2. The number of methoxy groups -OCH3 is 2. The number of aliphatic carboxylic acids is 2. The third-order valence-electron chi connectivity index (χ3n) is 10.4. The first kappa shape index (κ1) is 49.1. The Kier molecular flexibility index (Phi) is 19.4. The second-order valence-corrected chi connectivity index (χ2v) is 15.5. The molecule has 2 saturated heterocycles. The van der Waals surface area contributed by atoms with E-state index in [1.165, 1.54) is 6.07 Å². The predicted molar refractivity (Wildman–Crippen MR) is 245 cm³/mol. The molecule has 0 aliphatic carbocycles. The van der Waals surface area contributed by atoms with Crippen molar-refractivity contribution in [2.24, 2.45) is 0 Å². The number of hydrogen-bond acceptors (Lipinski definition) is 8. The van der Waals surface area contributed by atoms with Crippen LogP contribution in [-0.2, 0) is 22.4 Å². The minimum Gasteiger partial charge on any atom is -0.496 e. The summed E-state index contributed by atoms with van der Waals surface area (Å²) >= 11 is 12.3. The van der Waals surface area contributed by atoms with Gasteiger partial charge in [-0.05, 0) is 140 Å². The minimum atomic E-state index is -0.787. The van der Waals surface area contributed by atoms with Crippen molar-refractivity contribution in [1.82, 2.24) is 15.3 Å². The van der Waals surface area contributed by atoms with Gasteiger partial charge in [0.15, 0.2) is 0 Å². The number of nitrogens with zero attached hydrogens (tertiary/aromatic N) is 3. The molecule has 6 aromatic rings. The Morgan fingerprint density at radius 2 is 1.29 bits per heavy atom. The van der Waals surface area contributed by atoms with Crippen molar-refractivity contribution in [3.8, 4) is 33.8 Å². The fourth-order valence-electron chi connectivity index (χ4n) is 7.36. The molecule has 0 bridgehead atoms. The Morgan fingerprint density at radius 3 is 1.70 bits per heavy atom. The maximum absolute atomic E-state index is 12.9. The summed E-state index contributed by atoms with van der Waals surface area (Å²) < 4.78 is 29.2. The molecule has 2 radical (unpaired) electrons. The Balaban J connectivity index is 0.000000233. The molecule has 8 rings (SSSR count). The molecule has 4 heterocycles. The van der Waals surface area contributed by atoms with E-state index in [9.17, 15) is 19.1 Å². The van der Waals surface area contributed by atoms with E-state index >= 15 is 0 Å². The second-order valence-electron chi connectivity index (χ2n) is 14.6. The monoisotopic (exact) mass is 1120 g/mol. The summed E-state index contributed by atoms with van der Waals surface area (Å²) in [7, 11) is 7.06. The van der Waals surface area contributed by atoms with E-state index in [2.05, 4.69) is 35.8 Å². The zero-order valence-corrected chi connectivity index (χ0v) is 40.6. The summed E-state index contributed by atoms with van der Waals surface area (Å²) in [5.74, 6) is 0.324. The number of aromatic nitrogens is 2. The number of anilines is 1. The molecular weight excluding hydrogens is 1070 g/mol. The Morgan fingerprint density at radius 1 is 0.746 bits per heavy atom. The van der Waals surface area contributed by atoms with Gasteiger partial charge in [-0.2, -0.15) is 4.39 Å². The molecule has 324 valence electrons. The van der Waals surface area contributed by atoms with Crippen LogP contribution in [-0.4, -0.2) is 81.2 Å². The minimum absolute atomic E-state index is 0. The van der Waals surface area contributed by atoms with Crippen LogP contribution in [0.2, 0.25) is 10.0 Å². The molecule has 0 spiro atoms. The Bertz CT molecular complexity index is 2430. The first-order chi connectivity index (χ1) is 30.5. The van der Waals surface area contributed by atoms with Gasteiger partial charge in [-0.3, -0.25) is 4.79 Å².